The van der Waals surface area contributed by atoms with Crippen molar-refractivity contribution >= 4 is 16.7 Å². The van der Waals surface area contributed by atoms with Gasteiger partial charge in [-0.2, -0.15) is 0 Å². The van der Waals surface area contributed by atoms with E-state index in [0.717, 1.165) is 30.8 Å². The van der Waals surface area contributed by atoms with Crippen LogP contribution in [-0.2, 0) is 4.74 Å². The SMILES string of the molecule is C=C(O)c1cc2cc(OCC3CN(C)CCO3)ccc2o1. The van der Waals surface area contributed by atoms with E-state index in [1.165, 1.54) is 0 Å². The second-order valence-electron chi connectivity index (χ2n) is 5.32. The summed E-state index contributed by atoms with van der Waals surface area (Å²) in [5.74, 6) is 1.06. The molecule has 0 saturated carbocycles. The lowest BCUT2D eigenvalue weighted by atomic mass is 10.2. The summed E-state index contributed by atoms with van der Waals surface area (Å²) >= 11 is 0. The monoisotopic (exact) mass is 289 g/mol. The maximum Gasteiger partial charge on any atom is 0.169 e. The van der Waals surface area contributed by atoms with Gasteiger partial charge in [-0.3, -0.25) is 0 Å². The number of benzene rings is 1. The van der Waals surface area contributed by atoms with Gasteiger partial charge in [-0.15, -0.1) is 0 Å². The number of nitrogens with zero attached hydrogens (tertiary/aromatic N) is 1. The first kappa shape index (κ1) is 14.0. The smallest absolute Gasteiger partial charge is 0.169 e. The van der Waals surface area contributed by atoms with Gasteiger partial charge >= 0.3 is 0 Å². The van der Waals surface area contributed by atoms with Crippen LogP contribution >= 0.6 is 0 Å². The molecule has 0 spiro atoms. The Morgan fingerprint density at radius 1 is 1.48 bits per heavy atom. The van der Waals surface area contributed by atoms with Crippen LogP contribution in [0.2, 0.25) is 0 Å². The summed E-state index contributed by atoms with van der Waals surface area (Å²) < 4.78 is 16.9. The molecular weight excluding hydrogens is 270 g/mol. The summed E-state index contributed by atoms with van der Waals surface area (Å²) in [5.41, 5.74) is 0.696. The lowest BCUT2D eigenvalue weighted by Crippen LogP contribution is -2.42. The fraction of sp³-hybridized carbons (Fsp3) is 0.375. The highest BCUT2D eigenvalue weighted by atomic mass is 16.5. The zero-order valence-corrected chi connectivity index (χ0v) is 12.0. The third kappa shape index (κ3) is 3.20. The van der Waals surface area contributed by atoms with Crippen molar-refractivity contribution in [2.75, 3.05) is 33.4 Å². The molecule has 1 atom stereocenters. The predicted molar refractivity (Wildman–Crippen MR) is 80.6 cm³/mol. The Kier molecular flexibility index (Phi) is 3.86. The summed E-state index contributed by atoms with van der Waals surface area (Å²) in [7, 11) is 2.08. The van der Waals surface area contributed by atoms with E-state index in [1.807, 2.05) is 18.2 Å². The first-order chi connectivity index (χ1) is 10.1. The minimum atomic E-state index is -0.0766. The molecule has 0 radical (unpaired) electrons. The molecule has 1 fully saturated rings. The van der Waals surface area contributed by atoms with E-state index in [-0.39, 0.29) is 11.9 Å². The number of likely N-dealkylation sites (N-methyl/N-ethyl adjacent to an activating group) is 1. The number of hydrogen-bond donors (Lipinski definition) is 1. The van der Waals surface area contributed by atoms with Crippen LogP contribution in [0.5, 0.6) is 5.75 Å². The minimum Gasteiger partial charge on any atom is -0.505 e. The van der Waals surface area contributed by atoms with Gasteiger partial charge in [0.15, 0.2) is 11.5 Å². The average molecular weight is 289 g/mol. The van der Waals surface area contributed by atoms with Crippen molar-refractivity contribution < 1.29 is 19.0 Å². The largest absolute Gasteiger partial charge is 0.505 e. The van der Waals surface area contributed by atoms with E-state index in [0.29, 0.717) is 18.0 Å². The summed E-state index contributed by atoms with van der Waals surface area (Å²) in [4.78, 5) is 2.23. The Labute approximate surface area is 123 Å². The molecule has 1 aliphatic rings. The molecule has 1 aromatic heterocycles. The molecule has 2 heterocycles. The summed E-state index contributed by atoms with van der Waals surface area (Å²) in [5, 5.41) is 10.2. The normalized spacial score (nSPS) is 19.8. The molecule has 5 heteroatoms. The van der Waals surface area contributed by atoms with Gasteiger partial charge in [0.2, 0.25) is 0 Å². The molecule has 5 nitrogen and oxygen atoms in total. The Morgan fingerprint density at radius 3 is 3.10 bits per heavy atom. The molecule has 1 unspecified atom stereocenters. The van der Waals surface area contributed by atoms with Crippen LogP contribution < -0.4 is 4.74 Å². The lowest BCUT2D eigenvalue weighted by molar-refractivity contribution is -0.0403. The van der Waals surface area contributed by atoms with Crippen molar-refractivity contribution in [1.82, 2.24) is 4.90 Å². The van der Waals surface area contributed by atoms with Gasteiger partial charge < -0.3 is 23.9 Å². The van der Waals surface area contributed by atoms with Gasteiger partial charge in [-0.1, -0.05) is 6.58 Å². The number of aliphatic hydroxyl groups is 1. The molecule has 1 saturated heterocycles. The van der Waals surface area contributed by atoms with Gasteiger partial charge in [0, 0.05) is 18.5 Å². The van der Waals surface area contributed by atoms with E-state index in [1.54, 1.807) is 6.07 Å². The number of ether oxygens (including phenoxy) is 2. The molecule has 1 aliphatic heterocycles. The zero-order valence-electron chi connectivity index (χ0n) is 12.0. The highest BCUT2D eigenvalue weighted by Gasteiger charge is 2.18. The van der Waals surface area contributed by atoms with Crippen molar-refractivity contribution in [2.24, 2.45) is 0 Å². The maximum atomic E-state index is 9.35. The summed E-state index contributed by atoms with van der Waals surface area (Å²) in [6, 6.07) is 7.31. The maximum absolute atomic E-state index is 9.35. The third-order valence-electron chi connectivity index (χ3n) is 3.55. The molecule has 0 bridgehead atoms. The second-order valence-corrected chi connectivity index (χ2v) is 5.32. The number of morpholine rings is 1. The molecule has 1 N–H and O–H groups in total. The fourth-order valence-electron chi connectivity index (χ4n) is 2.41. The zero-order chi connectivity index (χ0) is 14.8. The molecule has 0 aliphatic carbocycles. The second kappa shape index (κ2) is 5.79. The van der Waals surface area contributed by atoms with E-state index in [9.17, 15) is 5.11 Å². The van der Waals surface area contributed by atoms with Crippen LogP contribution in [0, 0.1) is 0 Å². The first-order valence-electron chi connectivity index (χ1n) is 6.96. The molecule has 2 aromatic rings. The standard InChI is InChI=1S/C16H19NO4/c1-11(18)16-8-12-7-13(3-4-15(12)21-16)20-10-14-9-17(2)5-6-19-14/h3-4,7-8,14,18H,1,5-6,9-10H2,2H3. The minimum absolute atomic E-state index is 0.0766. The molecule has 112 valence electrons. The highest BCUT2D eigenvalue weighted by Crippen LogP contribution is 2.26. The van der Waals surface area contributed by atoms with Gasteiger partial charge in [0.25, 0.3) is 0 Å². The molecule has 1 aromatic carbocycles. The number of hydrogen-bond acceptors (Lipinski definition) is 5. The average Bonchev–Trinajstić information content (AvgIpc) is 2.88. The number of fused-ring (bicyclic) bond motifs is 1. The van der Waals surface area contributed by atoms with Gasteiger partial charge in [-0.05, 0) is 31.3 Å². The topological polar surface area (TPSA) is 55.1 Å². The van der Waals surface area contributed by atoms with Gasteiger partial charge in [0.1, 0.15) is 24.0 Å². The lowest BCUT2D eigenvalue weighted by Gasteiger charge is -2.29. The summed E-state index contributed by atoms with van der Waals surface area (Å²) in [6.07, 6.45) is 0.0941. The Bertz CT molecular complexity index is 649. The van der Waals surface area contributed by atoms with Crippen molar-refractivity contribution in [2.45, 2.75) is 6.10 Å². The molecule has 21 heavy (non-hydrogen) atoms. The first-order valence-corrected chi connectivity index (χ1v) is 6.96. The van der Waals surface area contributed by atoms with Crippen molar-refractivity contribution in [3.05, 3.63) is 36.6 Å². The van der Waals surface area contributed by atoms with E-state index in [2.05, 4.69) is 18.5 Å². The van der Waals surface area contributed by atoms with Gasteiger partial charge in [-0.25, -0.2) is 0 Å². The molecule has 3 rings (SSSR count). The quantitative estimate of drug-likeness (QED) is 0.877. The van der Waals surface area contributed by atoms with Crippen molar-refractivity contribution in [3.63, 3.8) is 0 Å². The van der Waals surface area contributed by atoms with Crippen LogP contribution in [-0.4, -0.2) is 49.5 Å². The summed E-state index contributed by atoms with van der Waals surface area (Å²) in [6.45, 7) is 6.56. The van der Waals surface area contributed by atoms with Crippen LogP contribution in [0.4, 0.5) is 0 Å². The third-order valence-corrected chi connectivity index (χ3v) is 3.55. The van der Waals surface area contributed by atoms with E-state index in [4.69, 9.17) is 13.9 Å². The van der Waals surface area contributed by atoms with Crippen LogP contribution in [0.15, 0.2) is 35.3 Å². The van der Waals surface area contributed by atoms with Crippen molar-refractivity contribution in [1.29, 1.82) is 0 Å². The van der Waals surface area contributed by atoms with E-state index >= 15 is 0 Å². The van der Waals surface area contributed by atoms with E-state index < -0.39 is 0 Å². The van der Waals surface area contributed by atoms with Crippen LogP contribution in [0.1, 0.15) is 5.76 Å². The number of rotatable bonds is 4. The number of furan rings is 1. The van der Waals surface area contributed by atoms with Gasteiger partial charge in [0.05, 0.1) is 6.61 Å². The van der Waals surface area contributed by atoms with Crippen LogP contribution in [0.25, 0.3) is 16.7 Å². The Hall–Kier alpha value is -1.98. The molecule has 0 amide bonds. The Morgan fingerprint density at radius 2 is 2.33 bits per heavy atom. The van der Waals surface area contributed by atoms with Crippen molar-refractivity contribution in [3.8, 4) is 5.75 Å². The predicted octanol–water partition coefficient (Wildman–Crippen LogP) is 2.67. The van der Waals surface area contributed by atoms with Crippen LogP contribution in [0.3, 0.4) is 0 Å². The Balaban J connectivity index is 1.68. The molecular formula is C16H19NO4. The fourth-order valence-corrected chi connectivity index (χ4v) is 2.41. The highest BCUT2D eigenvalue weighted by molar-refractivity contribution is 5.82. The number of aliphatic hydroxyl groups excluding tert-OH is 1.